The van der Waals surface area contributed by atoms with Crippen LogP contribution in [0.2, 0.25) is 0 Å². The number of hydrogen-bond acceptors (Lipinski definition) is 6. The standard InChI is InChI=1S/C25H19F10NO5S/c1-12(14-6-15(23(27,28)29)8-16(7-14)24(30,31)32)38-20-11-36-19(22(20)13-2-4-17(26)5-3-13)9-18(10-21(36)37)39-42-41-40-25(33,34)35/h2-9,12,19-20,22H,10-11H2,1H3/t12-,19?,20+,22+/m1/s1. The molecule has 1 amide bonds. The van der Waals surface area contributed by atoms with E-state index in [9.17, 15) is 48.7 Å². The highest BCUT2D eigenvalue weighted by Gasteiger charge is 2.48. The fourth-order valence-corrected chi connectivity index (χ4v) is 5.09. The summed E-state index contributed by atoms with van der Waals surface area (Å²) in [7, 11) is 0. The summed E-state index contributed by atoms with van der Waals surface area (Å²) >= 11 is -0.209. The van der Waals surface area contributed by atoms with Crippen LogP contribution >= 0.6 is 12.3 Å². The van der Waals surface area contributed by atoms with Crippen LogP contribution in [0.4, 0.5) is 43.9 Å². The molecule has 1 fully saturated rings. The van der Waals surface area contributed by atoms with Gasteiger partial charge in [0, 0.05) is 12.5 Å². The number of nitrogens with zero attached hydrogens (tertiary/aromatic N) is 1. The summed E-state index contributed by atoms with van der Waals surface area (Å²) in [5.41, 5.74) is -3.09. The van der Waals surface area contributed by atoms with Crippen LogP contribution in [-0.4, -0.2) is 35.9 Å². The molecule has 4 atom stereocenters. The number of carbonyl (C=O) groups excluding carboxylic acids is 1. The summed E-state index contributed by atoms with van der Waals surface area (Å²) in [5.74, 6) is -2.13. The Labute approximate surface area is 235 Å². The van der Waals surface area contributed by atoms with E-state index < -0.39 is 77.7 Å². The molecule has 2 aliphatic rings. The van der Waals surface area contributed by atoms with Gasteiger partial charge >= 0.3 is 18.7 Å². The van der Waals surface area contributed by atoms with Crippen molar-refractivity contribution >= 4 is 18.2 Å². The van der Waals surface area contributed by atoms with E-state index in [2.05, 4.69) is 9.22 Å². The number of rotatable bonds is 8. The van der Waals surface area contributed by atoms with Crippen molar-refractivity contribution < 1.29 is 66.8 Å². The maximum atomic E-state index is 13.7. The quantitative estimate of drug-likeness (QED) is 0.0978. The lowest BCUT2D eigenvalue weighted by molar-refractivity contribution is -0.441. The molecule has 2 heterocycles. The summed E-state index contributed by atoms with van der Waals surface area (Å²) in [5, 5.41) is 0. The Balaban J connectivity index is 1.63. The van der Waals surface area contributed by atoms with Gasteiger partial charge in [-0.1, -0.05) is 12.1 Å². The monoisotopic (exact) mass is 635 g/mol. The third-order valence-electron chi connectivity index (χ3n) is 6.52. The molecule has 1 unspecified atom stereocenters. The zero-order chi connectivity index (χ0) is 31.0. The van der Waals surface area contributed by atoms with Crippen LogP contribution in [0, 0.1) is 5.82 Å². The number of fused-ring (bicyclic) bond motifs is 1. The lowest BCUT2D eigenvalue weighted by atomic mass is 9.88. The number of amides is 1. The predicted molar refractivity (Wildman–Crippen MR) is 124 cm³/mol. The van der Waals surface area contributed by atoms with E-state index in [1.807, 2.05) is 0 Å². The molecular weight excluding hydrogens is 616 g/mol. The van der Waals surface area contributed by atoms with Crippen molar-refractivity contribution in [3.05, 3.63) is 82.4 Å². The Bertz CT molecular complexity index is 1280. The summed E-state index contributed by atoms with van der Waals surface area (Å²) in [4.78, 5) is 17.3. The number of benzene rings is 2. The molecule has 0 spiro atoms. The van der Waals surface area contributed by atoms with Crippen LogP contribution in [0.25, 0.3) is 0 Å². The van der Waals surface area contributed by atoms with Crippen molar-refractivity contribution in [1.82, 2.24) is 4.90 Å². The highest BCUT2D eigenvalue weighted by atomic mass is 32.2. The van der Waals surface area contributed by atoms with Gasteiger partial charge in [-0.15, -0.1) is 22.4 Å². The Hall–Kier alpha value is -3.02. The molecule has 17 heteroatoms. The molecule has 4 rings (SSSR count). The van der Waals surface area contributed by atoms with Gasteiger partial charge in [-0.25, -0.2) is 4.39 Å². The Morgan fingerprint density at radius 1 is 0.929 bits per heavy atom. The van der Waals surface area contributed by atoms with Gasteiger partial charge in [0.15, 0.2) is 0 Å². The average molecular weight is 635 g/mol. The van der Waals surface area contributed by atoms with Gasteiger partial charge < -0.3 is 13.8 Å². The Morgan fingerprint density at radius 2 is 1.52 bits per heavy atom. The molecule has 0 aliphatic carbocycles. The minimum Gasteiger partial charge on any atom is -0.403 e. The summed E-state index contributed by atoms with van der Waals surface area (Å²) in [6, 6.07) is 5.09. The number of alkyl halides is 9. The van der Waals surface area contributed by atoms with Crippen LogP contribution in [0.3, 0.4) is 0 Å². The van der Waals surface area contributed by atoms with Crippen molar-refractivity contribution in [3.8, 4) is 0 Å². The topological polar surface area (TPSA) is 57.2 Å². The second-order valence-electron chi connectivity index (χ2n) is 9.33. The molecule has 0 N–H and O–H groups in total. The smallest absolute Gasteiger partial charge is 0.403 e. The molecule has 0 radical (unpaired) electrons. The van der Waals surface area contributed by atoms with Crippen LogP contribution < -0.4 is 0 Å². The molecule has 2 aromatic carbocycles. The van der Waals surface area contributed by atoms with Crippen LogP contribution in [0.15, 0.2) is 54.3 Å². The zero-order valence-corrected chi connectivity index (χ0v) is 21.8. The lowest BCUT2D eigenvalue weighted by Gasteiger charge is -2.30. The third kappa shape index (κ3) is 7.67. The van der Waals surface area contributed by atoms with Crippen molar-refractivity contribution in [2.45, 2.75) is 56.2 Å². The zero-order valence-electron chi connectivity index (χ0n) is 21.0. The molecule has 0 aromatic heterocycles. The molecule has 42 heavy (non-hydrogen) atoms. The molecule has 6 nitrogen and oxygen atoms in total. The molecule has 1 saturated heterocycles. The SMILES string of the molecule is C[C@@H](O[C@H]1CN2C(=O)CC(OSOOC(F)(F)F)=CC2[C@@H]1c1ccc(F)cc1)c1cc(C(F)(F)F)cc(C(F)(F)F)c1. The first-order valence-electron chi connectivity index (χ1n) is 11.9. The third-order valence-corrected chi connectivity index (χ3v) is 6.92. The van der Waals surface area contributed by atoms with E-state index in [-0.39, 0.29) is 30.7 Å². The summed E-state index contributed by atoms with van der Waals surface area (Å²) < 4.78 is 145. The maximum absolute atomic E-state index is 13.7. The van der Waals surface area contributed by atoms with E-state index in [0.717, 1.165) is 12.1 Å². The first kappa shape index (κ1) is 31.9. The van der Waals surface area contributed by atoms with E-state index in [0.29, 0.717) is 17.7 Å². The molecule has 0 bridgehead atoms. The normalized spacial score (nSPS) is 22.2. The number of ether oxygens (including phenoxy) is 1. The molecule has 230 valence electrons. The van der Waals surface area contributed by atoms with Gasteiger partial charge in [0.05, 0.1) is 35.8 Å². The van der Waals surface area contributed by atoms with Crippen LogP contribution in [-0.2, 0) is 35.3 Å². The maximum Gasteiger partial charge on any atom is 0.550 e. The van der Waals surface area contributed by atoms with Crippen LogP contribution in [0.5, 0.6) is 0 Å². The molecular formula is C25H19F10NO5S. The van der Waals surface area contributed by atoms with E-state index in [1.165, 1.54) is 30.0 Å². The van der Waals surface area contributed by atoms with Crippen molar-refractivity contribution in [2.24, 2.45) is 0 Å². The number of carbonyl (C=O) groups is 1. The fraction of sp³-hybridized carbons (Fsp3) is 0.400. The highest BCUT2D eigenvalue weighted by Crippen LogP contribution is 2.43. The fourth-order valence-electron chi connectivity index (χ4n) is 4.75. The van der Waals surface area contributed by atoms with Gasteiger partial charge in [0.25, 0.3) is 12.3 Å². The van der Waals surface area contributed by atoms with Crippen LogP contribution in [0.1, 0.15) is 47.6 Å². The molecule has 0 saturated carbocycles. The first-order chi connectivity index (χ1) is 19.4. The number of halogens is 10. The van der Waals surface area contributed by atoms with E-state index >= 15 is 0 Å². The summed E-state index contributed by atoms with van der Waals surface area (Å²) in [6.07, 6.45) is -16.7. The van der Waals surface area contributed by atoms with Gasteiger partial charge in [-0.05, 0) is 54.5 Å². The minimum atomic E-state index is -5.12. The van der Waals surface area contributed by atoms with Gasteiger partial charge in [-0.3, -0.25) is 4.79 Å². The Morgan fingerprint density at radius 3 is 2.07 bits per heavy atom. The van der Waals surface area contributed by atoms with E-state index in [1.54, 1.807) is 0 Å². The lowest BCUT2D eigenvalue weighted by Crippen LogP contribution is -2.39. The van der Waals surface area contributed by atoms with Gasteiger partial charge in [0.1, 0.15) is 11.6 Å². The van der Waals surface area contributed by atoms with Crippen molar-refractivity contribution in [2.75, 3.05) is 6.54 Å². The Kier molecular flexibility index (Phi) is 9.06. The second kappa shape index (κ2) is 11.9. The van der Waals surface area contributed by atoms with Crippen molar-refractivity contribution in [3.63, 3.8) is 0 Å². The van der Waals surface area contributed by atoms with Crippen molar-refractivity contribution in [1.29, 1.82) is 0 Å². The van der Waals surface area contributed by atoms with E-state index in [4.69, 9.17) is 8.92 Å². The molecule has 2 aliphatic heterocycles. The van der Waals surface area contributed by atoms with Gasteiger partial charge in [0.2, 0.25) is 5.91 Å². The predicted octanol–water partition coefficient (Wildman–Crippen LogP) is 7.64. The van der Waals surface area contributed by atoms with Gasteiger partial charge in [-0.2, -0.15) is 26.3 Å². The largest absolute Gasteiger partial charge is 0.550 e. The summed E-state index contributed by atoms with van der Waals surface area (Å²) in [6.45, 7) is 1.08. The average Bonchev–Trinajstić information content (AvgIpc) is 3.23. The second-order valence-corrected chi connectivity index (χ2v) is 9.77. The molecule has 2 aromatic rings. The highest BCUT2D eigenvalue weighted by molar-refractivity contribution is 7.89. The minimum absolute atomic E-state index is 0.0140. The number of hydrogen-bond donors (Lipinski definition) is 0. The first-order valence-corrected chi connectivity index (χ1v) is 12.6.